The van der Waals surface area contributed by atoms with Crippen LogP contribution in [0, 0.1) is 11.8 Å². The van der Waals surface area contributed by atoms with E-state index in [1.165, 1.54) is 18.2 Å². The summed E-state index contributed by atoms with van der Waals surface area (Å²) in [4.78, 5) is 35.4. The van der Waals surface area contributed by atoms with Crippen molar-refractivity contribution in [3.05, 3.63) is 59.2 Å². The van der Waals surface area contributed by atoms with E-state index in [9.17, 15) is 19.5 Å². The maximum absolute atomic E-state index is 12.3. The number of benzene rings is 1. The van der Waals surface area contributed by atoms with Gasteiger partial charge in [-0.15, -0.1) is 0 Å². The first-order chi connectivity index (χ1) is 9.09. The van der Waals surface area contributed by atoms with Crippen molar-refractivity contribution in [2.45, 2.75) is 0 Å². The smallest absolute Gasteiger partial charge is 0.171 e. The molecule has 1 aromatic carbocycles. The third kappa shape index (κ3) is 1.64. The van der Waals surface area contributed by atoms with Gasteiger partial charge in [-0.25, -0.2) is 0 Å². The van der Waals surface area contributed by atoms with E-state index in [1.807, 2.05) is 0 Å². The van der Waals surface area contributed by atoms with Crippen LogP contribution in [0.2, 0.25) is 0 Å². The second-order valence-corrected chi connectivity index (χ2v) is 4.59. The molecule has 0 spiro atoms. The first kappa shape index (κ1) is 11.6. The summed E-state index contributed by atoms with van der Waals surface area (Å²) in [6.07, 6.45) is 4.12. The number of Topliss-reactive ketones (excluding diaryl/α,β-unsaturated/α-hetero) is 2. The lowest BCUT2D eigenvalue weighted by molar-refractivity contribution is -0.298. The lowest BCUT2D eigenvalue weighted by Gasteiger charge is -2.29. The molecular formula is C15H9O4-. The number of fused-ring (bicyclic) bond motifs is 2. The molecule has 19 heavy (non-hydrogen) atoms. The Morgan fingerprint density at radius 1 is 1.00 bits per heavy atom. The molecule has 2 atom stereocenters. The van der Waals surface area contributed by atoms with Crippen LogP contribution in [-0.4, -0.2) is 17.5 Å². The molecule has 0 radical (unpaired) electrons. The number of rotatable bonds is 1. The van der Waals surface area contributed by atoms with E-state index in [-0.39, 0.29) is 17.1 Å². The number of hydrogen-bond acceptors (Lipinski definition) is 4. The van der Waals surface area contributed by atoms with Gasteiger partial charge in [-0.1, -0.05) is 42.5 Å². The Kier molecular flexibility index (Phi) is 2.45. The van der Waals surface area contributed by atoms with E-state index in [2.05, 4.69) is 0 Å². The van der Waals surface area contributed by atoms with Gasteiger partial charge in [0, 0.05) is 11.1 Å². The molecule has 0 heterocycles. The van der Waals surface area contributed by atoms with Crippen molar-refractivity contribution in [2.75, 3.05) is 0 Å². The lowest BCUT2D eigenvalue weighted by Crippen LogP contribution is -2.37. The standard InChI is InChI=1S/C15H10O4/c16-13-9-3-1-2-4-10(9)14(17)12-7-8(15(18)19)5-6-11(12)13/h1-7,11-12H,(H,18,19)/p-1/t11-,12+/m0/s1. The predicted molar refractivity (Wildman–Crippen MR) is 64.3 cm³/mol. The average molecular weight is 253 g/mol. The van der Waals surface area contributed by atoms with Gasteiger partial charge in [0.1, 0.15) is 0 Å². The number of aliphatic carboxylic acids is 1. The molecule has 4 nitrogen and oxygen atoms in total. The van der Waals surface area contributed by atoms with Gasteiger partial charge < -0.3 is 9.90 Å². The normalized spacial score (nSPS) is 24.5. The van der Waals surface area contributed by atoms with E-state index in [1.54, 1.807) is 24.3 Å². The summed E-state index contributed by atoms with van der Waals surface area (Å²) in [5.41, 5.74) is 0.712. The molecule has 94 valence electrons. The fraction of sp³-hybridized carbons (Fsp3) is 0.133. The van der Waals surface area contributed by atoms with Crippen LogP contribution in [0.15, 0.2) is 48.1 Å². The third-order valence-electron chi connectivity index (χ3n) is 3.53. The van der Waals surface area contributed by atoms with E-state index < -0.39 is 17.8 Å². The quantitative estimate of drug-likeness (QED) is 0.732. The third-order valence-corrected chi connectivity index (χ3v) is 3.53. The minimum absolute atomic E-state index is 0.0539. The highest BCUT2D eigenvalue weighted by atomic mass is 16.4. The maximum Gasteiger partial charge on any atom is 0.171 e. The molecule has 0 unspecified atom stereocenters. The van der Waals surface area contributed by atoms with Crippen LogP contribution in [0.3, 0.4) is 0 Å². The van der Waals surface area contributed by atoms with Crippen molar-refractivity contribution >= 4 is 17.5 Å². The number of hydrogen-bond donors (Lipinski definition) is 0. The zero-order valence-electron chi connectivity index (χ0n) is 9.83. The molecule has 2 aliphatic carbocycles. The molecule has 3 rings (SSSR count). The highest BCUT2D eigenvalue weighted by Gasteiger charge is 2.39. The van der Waals surface area contributed by atoms with Gasteiger partial charge in [0.25, 0.3) is 0 Å². The van der Waals surface area contributed by atoms with Crippen molar-refractivity contribution in [1.29, 1.82) is 0 Å². The minimum Gasteiger partial charge on any atom is -0.545 e. The van der Waals surface area contributed by atoms with Gasteiger partial charge in [-0.2, -0.15) is 0 Å². The van der Waals surface area contributed by atoms with Gasteiger partial charge in [0.2, 0.25) is 0 Å². The van der Waals surface area contributed by atoms with Crippen LogP contribution in [0.25, 0.3) is 0 Å². The van der Waals surface area contributed by atoms with Crippen LogP contribution in [0.1, 0.15) is 20.7 Å². The second-order valence-electron chi connectivity index (χ2n) is 4.59. The monoisotopic (exact) mass is 253 g/mol. The van der Waals surface area contributed by atoms with Crippen LogP contribution >= 0.6 is 0 Å². The maximum atomic E-state index is 12.3. The average Bonchev–Trinajstić information content (AvgIpc) is 2.44. The Balaban J connectivity index is 2.13. The molecule has 0 aromatic heterocycles. The summed E-state index contributed by atoms with van der Waals surface area (Å²) in [5, 5.41) is 10.8. The summed E-state index contributed by atoms with van der Waals surface area (Å²) in [6.45, 7) is 0. The van der Waals surface area contributed by atoms with Gasteiger partial charge in [-0.05, 0) is 5.57 Å². The predicted octanol–water partition coefficient (Wildman–Crippen LogP) is 0.544. The first-order valence-electron chi connectivity index (χ1n) is 5.88. The lowest BCUT2D eigenvalue weighted by atomic mass is 9.71. The molecule has 0 amide bonds. The molecule has 0 saturated heterocycles. The Morgan fingerprint density at radius 2 is 1.58 bits per heavy atom. The largest absolute Gasteiger partial charge is 0.545 e. The second kappa shape index (κ2) is 4.02. The van der Waals surface area contributed by atoms with Gasteiger partial charge in [0.05, 0.1) is 17.8 Å². The fourth-order valence-electron chi connectivity index (χ4n) is 2.58. The van der Waals surface area contributed by atoms with Crippen molar-refractivity contribution in [3.8, 4) is 0 Å². The molecule has 2 aliphatic rings. The molecule has 0 saturated carbocycles. The molecule has 1 aromatic rings. The molecule has 0 aliphatic heterocycles. The summed E-state index contributed by atoms with van der Waals surface area (Å²) < 4.78 is 0. The SMILES string of the molecule is O=C([O-])C1=C[C@H]2C(=O)c3ccccc3C(=O)[C@H]2C=C1. The Bertz CT molecular complexity index is 666. The number of ketones is 2. The van der Waals surface area contributed by atoms with E-state index in [0.29, 0.717) is 11.1 Å². The first-order valence-corrected chi connectivity index (χ1v) is 5.88. The number of allylic oxidation sites excluding steroid dienone is 2. The van der Waals surface area contributed by atoms with E-state index in [0.717, 1.165) is 0 Å². The van der Waals surface area contributed by atoms with Gasteiger partial charge in [-0.3, -0.25) is 9.59 Å². The van der Waals surface area contributed by atoms with Gasteiger partial charge in [0.15, 0.2) is 11.6 Å². The van der Waals surface area contributed by atoms with Crippen LogP contribution in [0.4, 0.5) is 0 Å². The molecule has 0 bridgehead atoms. The zero-order valence-corrected chi connectivity index (χ0v) is 9.83. The Morgan fingerprint density at radius 3 is 2.16 bits per heavy atom. The molecular weight excluding hydrogens is 244 g/mol. The highest BCUT2D eigenvalue weighted by Crippen LogP contribution is 2.35. The minimum atomic E-state index is -1.34. The van der Waals surface area contributed by atoms with E-state index in [4.69, 9.17) is 0 Å². The Labute approximate surface area is 109 Å². The zero-order chi connectivity index (χ0) is 13.6. The van der Waals surface area contributed by atoms with Crippen molar-refractivity contribution in [1.82, 2.24) is 0 Å². The summed E-state index contributed by atoms with van der Waals surface area (Å²) in [6, 6.07) is 6.61. The molecule has 0 fully saturated rings. The summed E-state index contributed by atoms with van der Waals surface area (Å²) in [7, 11) is 0. The van der Waals surface area contributed by atoms with Crippen molar-refractivity contribution < 1.29 is 19.5 Å². The number of carbonyl (C=O) groups is 3. The number of carbonyl (C=O) groups excluding carboxylic acids is 3. The number of carboxylic acids is 1. The van der Waals surface area contributed by atoms with Crippen molar-refractivity contribution in [2.24, 2.45) is 11.8 Å². The van der Waals surface area contributed by atoms with Crippen LogP contribution in [-0.2, 0) is 4.79 Å². The topological polar surface area (TPSA) is 74.3 Å². The van der Waals surface area contributed by atoms with Gasteiger partial charge >= 0.3 is 0 Å². The van der Waals surface area contributed by atoms with E-state index >= 15 is 0 Å². The fourth-order valence-corrected chi connectivity index (χ4v) is 2.58. The molecule has 4 heteroatoms. The molecule has 0 N–H and O–H groups in total. The Hall–Kier alpha value is -2.49. The van der Waals surface area contributed by atoms with Crippen molar-refractivity contribution in [3.63, 3.8) is 0 Å². The highest BCUT2D eigenvalue weighted by molar-refractivity contribution is 6.17. The van der Waals surface area contributed by atoms with Crippen LogP contribution in [0.5, 0.6) is 0 Å². The summed E-state index contributed by atoms with van der Waals surface area (Å²) in [5.74, 6) is -3.05. The summed E-state index contributed by atoms with van der Waals surface area (Å²) >= 11 is 0. The number of carboxylic acid groups (broad SMARTS) is 1. The van der Waals surface area contributed by atoms with Crippen LogP contribution < -0.4 is 5.11 Å².